The lowest BCUT2D eigenvalue weighted by Crippen LogP contribution is -2.40. The monoisotopic (exact) mass is 226 g/mol. The second-order valence-electron chi connectivity index (χ2n) is 3.54. The highest BCUT2D eigenvalue weighted by Crippen LogP contribution is 2.27. The largest absolute Gasteiger partial charge is 0.366 e. The maximum absolute atomic E-state index is 6.17. The number of anilines is 1. The number of nitrogens with zero attached hydrogens (tertiary/aromatic N) is 1. The number of hydrogen-bond donors (Lipinski definition) is 1. The molecule has 1 aromatic carbocycles. The van der Waals surface area contributed by atoms with Crippen molar-refractivity contribution >= 4 is 17.3 Å². The van der Waals surface area contributed by atoms with Gasteiger partial charge in [0.1, 0.15) is 0 Å². The van der Waals surface area contributed by atoms with E-state index < -0.39 is 0 Å². The molecule has 2 nitrogen and oxygen atoms in total. The van der Waals surface area contributed by atoms with E-state index >= 15 is 0 Å². The van der Waals surface area contributed by atoms with Gasteiger partial charge in [0.2, 0.25) is 0 Å². The smallest absolute Gasteiger partial charge is 0.0639 e. The third kappa shape index (κ3) is 2.86. The Morgan fingerprint density at radius 2 is 2.00 bits per heavy atom. The first-order valence-corrected chi connectivity index (χ1v) is 5.83. The molecule has 0 unspecified atom stereocenters. The molecule has 0 bridgehead atoms. The van der Waals surface area contributed by atoms with Crippen molar-refractivity contribution in [1.82, 2.24) is 0 Å². The first kappa shape index (κ1) is 12.3. The fraction of sp³-hybridized carbons (Fsp3) is 0.500. The van der Waals surface area contributed by atoms with E-state index in [-0.39, 0.29) is 0 Å². The average Bonchev–Trinajstić information content (AvgIpc) is 2.27. The maximum Gasteiger partial charge on any atom is 0.0639 e. The minimum absolute atomic E-state index is 0.370. The zero-order valence-electron chi connectivity index (χ0n) is 9.41. The molecule has 0 radical (unpaired) electrons. The number of para-hydroxylation sites is 1. The molecule has 0 spiro atoms. The first-order chi connectivity index (χ1) is 7.24. The van der Waals surface area contributed by atoms with Crippen LogP contribution in [0.2, 0.25) is 5.02 Å². The molecule has 0 aliphatic heterocycles. The second-order valence-corrected chi connectivity index (χ2v) is 3.94. The van der Waals surface area contributed by atoms with Gasteiger partial charge in [-0.1, -0.05) is 30.7 Å². The molecule has 0 fully saturated rings. The molecule has 0 saturated heterocycles. The van der Waals surface area contributed by atoms with Crippen LogP contribution in [0.3, 0.4) is 0 Å². The summed E-state index contributed by atoms with van der Waals surface area (Å²) in [5.74, 6) is 0. The van der Waals surface area contributed by atoms with Crippen LogP contribution in [0.5, 0.6) is 0 Å². The highest BCUT2D eigenvalue weighted by molar-refractivity contribution is 6.33. The molecule has 0 aliphatic carbocycles. The van der Waals surface area contributed by atoms with Gasteiger partial charge >= 0.3 is 0 Å². The quantitative estimate of drug-likeness (QED) is 0.837. The van der Waals surface area contributed by atoms with Crippen molar-refractivity contribution < 1.29 is 0 Å². The number of nitrogens with two attached hydrogens (primary N) is 1. The van der Waals surface area contributed by atoms with Crippen LogP contribution < -0.4 is 10.6 Å². The molecule has 1 rings (SSSR count). The Kier molecular flexibility index (Phi) is 4.92. The summed E-state index contributed by atoms with van der Waals surface area (Å²) >= 11 is 6.17. The predicted molar refractivity (Wildman–Crippen MR) is 67.6 cm³/mol. The lowest BCUT2D eigenvalue weighted by Gasteiger charge is -2.32. The Morgan fingerprint density at radius 1 is 1.33 bits per heavy atom. The molecular formula is C12H19ClN2. The molecule has 3 heteroatoms. The Hall–Kier alpha value is -0.730. The number of rotatable bonds is 5. The van der Waals surface area contributed by atoms with Crippen molar-refractivity contribution in [2.45, 2.75) is 26.3 Å². The highest BCUT2D eigenvalue weighted by Gasteiger charge is 2.15. The standard InChI is InChI=1S/C12H19ClN2/c1-3-10(9-14)15(4-2)12-8-6-5-7-11(12)13/h5-8,10H,3-4,9,14H2,1-2H3/t10-/m0/s1. The zero-order chi connectivity index (χ0) is 11.3. The Morgan fingerprint density at radius 3 is 2.47 bits per heavy atom. The van der Waals surface area contributed by atoms with Crippen LogP contribution in [0.25, 0.3) is 0 Å². The molecule has 2 N–H and O–H groups in total. The van der Waals surface area contributed by atoms with Crippen LogP contribution in [0.15, 0.2) is 24.3 Å². The van der Waals surface area contributed by atoms with E-state index in [2.05, 4.69) is 18.7 Å². The first-order valence-electron chi connectivity index (χ1n) is 5.45. The maximum atomic E-state index is 6.17. The Labute approximate surface area is 97.0 Å². The molecular weight excluding hydrogens is 208 g/mol. The summed E-state index contributed by atoms with van der Waals surface area (Å²) in [6, 6.07) is 8.29. The number of halogens is 1. The molecule has 1 atom stereocenters. The van der Waals surface area contributed by atoms with E-state index in [1.165, 1.54) is 0 Å². The summed E-state index contributed by atoms with van der Waals surface area (Å²) in [5, 5.41) is 0.797. The lowest BCUT2D eigenvalue weighted by molar-refractivity contribution is 0.591. The van der Waals surface area contributed by atoms with E-state index in [0.717, 1.165) is 23.7 Å². The van der Waals surface area contributed by atoms with Crippen molar-refractivity contribution in [3.05, 3.63) is 29.3 Å². The number of hydrogen-bond acceptors (Lipinski definition) is 2. The molecule has 0 aromatic heterocycles. The summed E-state index contributed by atoms with van der Waals surface area (Å²) in [6.45, 7) is 5.87. The molecule has 0 amide bonds. The summed E-state index contributed by atoms with van der Waals surface area (Å²) < 4.78 is 0. The summed E-state index contributed by atoms with van der Waals surface area (Å²) in [6.07, 6.45) is 1.04. The number of benzene rings is 1. The van der Waals surface area contributed by atoms with E-state index in [1.54, 1.807) is 0 Å². The van der Waals surface area contributed by atoms with Crippen LogP contribution >= 0.6 is 11.6 Å². The van der Waals surface area contributed by atoms with Gasteiger partial charge < -0.3 is 10.6 Å². The lowest BCUT2D eigenvalue weighted by atomic mass is 10.1. The predicted octanol–water partition coefficient (Wildman–Crippen LogP) is 2.90. The molecule has 15 heavy (non-hydrogen) atoms. The van der Waals surface area contributed by atoms with Crippen molar-refractivity contribution in [3.63, 3.8) is 0 Å². The van der Waals surface area contributed by atoms with E-state index in [1.807, 2.05) is 24.3 Å². The van der Waals surface area contributed by atoms with Crippen LogP contribution in [-0.2, 0) is 0 Å². The van der Waals surface area contributed by atoms with Crippen LogP contribution in [0.1, 0.15) is 20.3 Å². The van der Waals surface area contributed by atoms with Crippen LogP contribution in [0.4, 0.5) is 5.69 Å². The second kappa shape index (κ2) is 5.99. The third-order valence-corrected chi connectivity index (χ3v) is 3.01. The molecule has 0 saturated carbocycles. The van der Waals surface area contributed by atoms with E-state index in [9.17, 15) is 0 Å². The normalized spacial score (nSPS) is 12.5. The van der Waals surface area contributed by atoms with Gasteiger partial charge in [-0.15, -0.1) is 0 Å². The van der Waals surface area contributed by atoms with Crippen LogP contribution in [0, 0.1) is 0 Å². The summed E-state index contributed by atoms with van der Waals surface area (Å²) in [7, 11) is 0. The van der Waals surface area contributed by atoms with Gasteiger partial charge in [-0.3, -0.25) is 0 Å². The van der Waals surface area contributed by atoms with Crippen molar-refractivity contribution in [1.29, 1.82) is 0 Å². The van der Waals surface area contributed by atoms with Gasteiger partial charge in [0.05, 0.1) is 10.7 Å². The average molecular weight is 227 g/mol. The van der Waals surface area contributed by atoms with Gasteiger partial charge in [0, 0.05) is 19.1 Å². The van der Waals surface area contributed by atoms with Crippen molar-refractivity contribution in [2.24, 2.45) is 5.73 Å². The van der Waals surface area contributed by atoms with Gasteiger partial charge in [-0.2, -0.15) is 0 Å². The molecule has 1 aromatic rings. The van der Waals surface area contributed by atoms with Crippen molar-refractivity contribution in [3.8, 4) is 0 Å². The third-order valence-electron chi connectivity index (χ3n) is 2.69. The minimum Gasteiger partial charge on any atom is -0.366 e. The molecule has 0 aliphatic rings. The Bertz CT molecular complexity index is 297. The Balaban J connectivity index is 2.96. The minimum atomic E-state index is 0.370. The van der Waals surface area contributed by atoms with Gasteiger partial charge in [-0.25, -0.2) is 0 Å². The highest BCUT2D eigenvalue weighted by atomic mass is 35.5. The summed E-state index contributed by atoms with van der Waals surface area (Å²) in [4.78, 5) is 2.27. The fourth-order valence-corrected chi connectivity index (χ4v) is 2.07. The van der Waals surface area contributed by atoms with Crippen LogP contribution in [-0.4, -0.2) is 19.1 Å². The van der Waals surface area contributed by atoms with Gasteiger partial charge in [-0.05, 0) is 25.5 Å². The van der Waals surface area contributed by atoms with Crippen molar-refractivity contribution in [2.75, 3.05) is 18.0 Å². The summed E-state index contributed by atoms with van der Waals surface area (Å²) in [5.41, 5.74) is 6.84. The topological polar surface area (TPSA) is 29.3 Å². The fourth-order valence-electron chi connectivity index (χ4n) is 1.82. The van der Waals surface area contributed by atoms with Gasteiger partial charge in [0.15, 0.2) is 0 Å². The zero-order valence-corrected chi connectivity index (χ0v) is 10.2. The number of likely N-dealkylation sites (N-methyl/N-ethyl adjacent to an activating group) is 1. The van der Waals surface area contributed by atoms with E-state index in [0.29, 0.717) is 12.6 Å². The SMILES string of the molecule is CC[C@@H](CN)N(CC)c1ccccc1Cl. The van der Waals surface area contributed by atoms with E-state index in [4.69, 9.17) is 17.3 Å². The van der Waals surface area contributed by atoms with Gasteiger partial charge in [0.25, 0.3) is 0 Å². The molecule has 84 valence electrons. The molecule has 0 heterocycles.